The van der Waals surface area contributed by atoms with Crippen LogP contribution in [0.5, 0.6) is 0 Å². The van der Waals surface area contributed by atoms with Gasteiger partial charge in [0.25, 0.3) is 0 Å². The molecule has 1 saturated heterocycles. The number of sulfonamides is 1. The number of fused-ring (bicyclic) bond motifs is 1. The summed E-state index contributed by atoms with van der Waals surface area (Å²) in [4.78, 5) is 23.1. The fourth-order valence-corrected chi connectivity index (χ4v) is 6.20. The number of nitrogens with zero attached hydrogens (tertiary/aromatic N) is 2. The number of carbonyl (C=O) groups excluding carboxylic acids is 1. The van der Waals surface area contributed by atoms with Crippen LogP contribution in [-0.4, -0.2) is 54.3 Å². The third kappa shape index (κ3) is 2.36. The standard InChI is InChI=1S/C13H16N2O6S2/c1-21-11(16)10-9(6-22-14-10)23(19,20)15-5-8-3-2-4-13(8,7-15)12(17)18/h6,8H,2-5,7H2,1H3,(H,17,18)/t8-,13+/m0/s1. The van der Waals surface area contributed by atoms with Crippen molar-refractivity contribution in [1.82, 2.24) is 8.68 Å². The number of rotatable bonds is 4. The predicted molar refractivity (Wildman–Crippen MR) is 79.6 cm³/mol. The highest BCUT2D eigenvalue weighted by atomic mass is 32.2. The molecule has 126 valence electrons. The van der Waals surface area contributed by atoms with E-state index in [0.717, 1.165) is 25.1 Å². The molecule has 2 aliphatic rings. The van der Waals surface area contributed by atoms with Crippen molar-refractivity contribution in [3.63, 3.8) is 0 Å². The number of carbonyl (C=O) groups is 2. The lowest BCUT2D eigenvalue weighted by atomic mass is 9.81. The van der Waals surface area contributed by atoms with Gasteiger partial charge in [-0.15, -0.1) is 0 Å². The van der Waals surface area contributed by atoms with E-state index in [1.165, 1.54) is 9.69 Å². The van der Waals surface area contributed by atoms with Crippen molar-refractivity contribution in [2.75, 3.05) is 20.2 Å². The highest BCUT2D eigenvalue weighted by Gasteiger charge is 2.57. The van der Waals surface area contributed by atoms with Crippen LogP contribution in [0.15, 0.2) is 10.3 Å². The molecule has 0 spiro atoms. The average Bonchev–Trinajstić information content (AvgIpc) is 3.19. The minimum Gasteiger partial charge on any atom is -0.481 e. The number of methoxy groups -OCH3 is 1. The van der Waals surface area contributed by atoms with Crippen LogP contribution in [0, 0.1) is 11.3 Å². The van der Waals surface area contributed by atoms with Crippen molar-refractivity contribution in [3.8, 4) is 0 Å². The zero-order chi connectivity index (χ0) is 16.8. The van der Waals surface area contributed by atoms with Crippen LogP contribution in [0.25, 0.3) is 0 Å². The zero-order valence-corrected chi connectivity index (χ0v) is 14.0. The number of esters is 1. The third-order valence-corrected chi connectivity index (χ3v) is 7.40. The van der Waals surface area contributed by atoms with Gasteiger partial charge in [-0.1, -0.05) is 6.42 Å². The predicted octanol–water partition coefficient (Wildman–Crippen LogP) is 0.805. The van der Waals surface area contributed by atoms with Crippen molar-refractivity contribution >= 4 is 33.5 Å². The number of carboxylic acid groups (broad SMARTS) is 1. The summed E-state index contributed by atoms with van der Waals surface area (Å²) in [6.45, 7) is 0.0941. The first-order valence-electron chi connectivity index (χ1n) is 7.09. The topological polar surface area (TPSA) is 114 Å². The molecule has 1 aromatic heterocycles. The molecular weight excluding hydrogens is 344 g/mol. The number of aromatic nitrogens is 1. The Morgan fingerprint density at radius 2 is 2.26 bits per heavy atom. The van der Waals surface area contributed by atoms with Crippen molar-refractivity contribution in [2.24, 2.45) is 11.3 Å². The molecule has 8 nitrogen and oxygen atoms in total. The molecule has 0 bridgehead atoms. The molecule has 0 amide bonds. The van der Waals surface area contributed by atoms with Crippen LogP contribution < -0.4 is 0 Å². The monoisotopic (exact) mass is 360 g/mol. The summed E-state index contributed by atoms with van der Waals surface area (Å²) in [6.07, 6.45) is 1.97. The number of carboxylic acids is 1. The van der Waals surface area contributed by atoms with E-state index in [1.807, 2.05) is 0 Å². The SMILES string of the molecule is COC(=O)c1nscc1S(=O)(=O)N1C[C@@H]2CCC[C@@]2(C(=O)O)C1. The summed E-state index contributed by atoms with van der Waals surface area (Å²) in [5.41, 5.74) is -1.26. The van der Waals surface area contributed by atoms with E-state index >= 15 is 0 Å². The largest absolute Gasteiger partial charge is 0.481 e. The Labute approximate surface area is 137 Å². The molecular formula is C13H16N2O6S2. The van der Waals surface area contributed by atoms with Crippen molar-refractivity contribution in [1.29, 1.82) is 0 Å². The van der Waals surface area contributed by atoms with Gasteiger partial charge in [0.2, 0.25) is 10.0 Å². The molecule has 0 radical (unpaired) electrons. The molecule has 1 aliphatic heterocycles. The minimum absolute atomic E-state index is 0.0637. The van der Waals surface area contributed by atoms with Crippen LogP contribution in [0.3, 0.4) is 0 Å². The van der Waals surface area contributed by atoms with E-state index in [9.17, 15) is 23.1 Å². The Morgan fingerprint density at radius 3 is 2.87 bits per heavy atom. The Morgan fingerprint density at radius 1 is 1.52 bits per heavy atom. The number of ether oxygens (including phenoxy) is 1. The quantitative estimate of drug-likeness (QED) is 0.790. The summed E-state index contributed by atoms with van der Waals surface area (Å²) < 4.78 is 35.2. The molecule has 2 heterocycles. The van der Waals surface area contributed by atoms with Crippen LogP contribution in [-0.2, 0) is 19.6 Å². The Balaban J connectivity index is 1.95. The van der Waals surface area contributed by atoms with Crippen LogP contribution in [0.1, 0.15) is 29.8 Å². The minimum atomic E-state index is -3.98. The first-order chi connectivity index (χ1) is 10.8. The number of aliphatic carboxylic acids is 1. The van der Waals surface area contributed by atoms with Crippen LogP contribution in [0.4, 0.5) is 0 Å². The lowest BCUT2D eigenvalue weighted by Gasteiger charge is -2.23. The molecule has 3 rings (SSSR count). The fraction of sp³-hybridized carbons (Fsp3) is 0.615. The Bertz CT molecular complexity index is 758. The summed E-state index contributed by atoms with van der Waals surface area (Å²) in [5.74, 6) is -1.96. The molecule has 0 unspecified atom stereocenters. The summed E-state index contributed by atoms with van der Waals surface area (Å²) in [6, 6.07) is 0. The molecule has 2 fully saturated rings. The van der Waals surface area contributed by atoms with Gasteiger partial charge in [-0.3, -0.25) is 4.79 Å². The zero-order valence-electron chi connectivity index (χ0n) is 12.4. The van der Waals surface area contributed by atoms with E-state index in [0.29, 0.717) is 12.8 Å². The maximum Gasteiger partial charge on any atom is 0.359 e. The van der Waals surface area contributed by atoms with Gasteiger partial charge in [0.05, 0.1) is 12.5 Å². The fourth-order valence-electron chi connectivity index (χ4n) is 3.56. The average molecular weight is 360 g/mol. The molecule has 2 atom stereocenters. The second kappa shape index (κ2) is 5.53. The maximum atomic E-state index is 12.8. The molecule has 1 saturated carbocycles. The van der Waals surface area contributed by atoms with E-state index in [1.54, 1.807) is 0 Å². The summed E-state index contributed by atoms with van der Waals surface area (Å²) >= 11 is 0.849. The lowest BCUT2D eigenvalue weighted by Crippen LogP contribution is -2.37. The van der Waals surface area contributed by atoms with Gasteiger partial charge in [-0.25, -0.2) is 13.2 Å². The number of hydrogen-bond donors (Lipinski definition) is 1. The molecule has 1 N–H and O–H groups in total. The van der Waals surface area contributed by atoms with Crippen molar-refractivity contribution in [3.05, 3.63) is 11.1 Å². The van der Waals surface area contributed by atoms with Gasteiger partial charge < -0.3 is 9.84 Å². The van der Waals surface area contributed by atoms with Crippen molar-refractivity contribution < 1.29 is 27.9 Å². The molecule has 23 heavy (non-hydrogen) atoms. The number of hydrogen-bond acceptors (Lipinski definition) is 7. The van der Waals surface area contributed by atoms with Crippen LogP contribution in [0.2, 0.25) is 0 Å². The summed E-state index contributed by atoms with van der Waals surface area (Å²) in [5, 5.41) is 10.8. The van der Waals surface area contributed by atoms with Gasteiger partial charge >= 0.3 is 11.9 Å². The van der Waals surface area contributed by atoms with Crippen molar-refractivity contribution in [2.45, 2.75) is 24.2 Å². The van der Waals surface area contributed by atoms with E-state index < -0.39 is 27.4 Å². The first-order valence-corrected chi connectivity index (χ1v) is 9.37. The Hall–Kier alpha value is -1.52. The van der Waals surface area contributed by atoms with Gasteiger partial charge in [0.15, 0.2) is 5.69 Å². The van der Waals surface area contributed by atoms with E-state index in [-0.39, 0.29) is 29.6 Å². The van der Waals surface area contributed by atoms with Gasteiger partial charge in [0, 0.05) is 18.5 Å². The summed E-state index contributed by atoms with van der Waals surface area (Å²) in [7, 11) is -2.83. The van der Waals surface area contributed by atoms with Gasteiger partial charge in [-0.2, -0.15) is 8.68 Å². The normalized spacial score (nSPS) is 27.8. The van der Waals surface area contributed by atoms with E-state index in [4.69, 9.17) is 0 Å². The molecule has 1 aromatic rings. The Kier molecular flexibility index (Phi) is 3.93. The second-order valence-electron chi connectivity index (χ2n) is 5.87. The molecule has 0 aromatic carbocycles. The highest BCUT2D eigenvalue weighted by molar-refractivity contribution is 7.89. The van der Waals surface area contributed by atoms with Gasteiger partial charge in [-0.05, 0) is 30.3 Å². The van der Waals surface area contributed by atoms with E-state index in [2.05, 4.69) is 9.11 Å². The lowest BCUT2D eigenvalue weighted by molar-refractivity contribution is -0.149. The second-order valence-corrected chi connectivity index (χ2v) is 8.40. The van der Waals surface area contributed by atoms with Gasteiger partial charge in [0.1, 0.15) is 4.90 Å². The van der Waals surface area contributed by atoms with Crippen LogP contribution >= 0.6 is 11.5 Å². The molecule has 1 aliphatic carbocycles. The smallest absolute Gasteiger partial charge is 0.359 e. The highest BCUT2D eigenvalue weighted by Crippen LogP contribution is 2.50. The maximum absolute atomic E-state index is 12.8. The first kappa shape index (κ1) is 16.3. The molecule has 10 heteroatoms. The third-order valence-electron chi connectivity index (χ3n) is 4.80.